The topological polar surface area (TPSA) is 40.5 Å². The fourth-order valence-electron chi connectivity index (χ4n) is 2.52. The minimum atomic E-state index is -0.137. The number of fused-ring (bicyclic) bond motifs is 1. The first kappa shape index (κ1) is 11.8. The Hall–Kier alpha value is -2.29. The molecule has 0 fully saturated rings. The number of para-hydroxylation sites is 1. The number of aromatic hydroxyl groups is 1. The van der Waals surface area contributed by atoms with Gasteiger partial charge in [-0.1, -0.05) is 24.3 Å². The van der Waals surface area contributed by atoms with Crippen LogP contribution in [0.5, 0.6) is 5.75 Å². The highest BCUT2D eigenvalue weighted by Crippen LogP contribution is 2.30. The molecule has 96 valence electrons. The molecule has 0 aliphatic carbocycles. The van der Waals surface area contributed by atoms with Crippen molar-refractivity contribution < 1.29 is 9.90 Å². The second-order valence-electron chi connectivity index (χ2n) is 4.86. The van der Waals surface area contributed by atoms with Crippen molar-refractivity contribution in [1.29, 1.82) is 0 Å². The van der Waals surface area contributed by atoms with Crippen LogP contribution in [-0.2, 0) is 6.42 Å². The molecule has 1 heterocycles. The quantitative estimate of drug-likeness (QED) is 0.849. The Kier molecular flexibility index (Phi) is 2.75. The summed E-state index contributed by atoms with van der Waals surface area (Å²) in [4.78, 5) is 14.2. The Morgan fingerprint density at radius 2 is 2.00 bits per heavy atom. The lowest BCUT2D eigenvalue weighted by molar-refractivity contribution is 0.0987. The minimum absolute atomic E-state index is 0.0504. The van der Waals surface area contributed by atoms with Crippen LogP contribution in [0.3, 0.4) is 0 Å². The van der Waals surface area contributed by atoms with Crippen molar-refractivity contribution in [3.05, 3.63) is 59.2 Å². The number of benzene rings is 2. The first-order valence-corrected chi connectivity index (χ1v) is 6.36. The monoisotopic (exact) mass is 253 g/mol. The van der Waals surface area contributed by atoms with E-state index in [2.05, 4.69) is 0 Å². The SMILES string of the molecule is Cc1ccc(C(=O)N2CCc3ccccc32)c(O)c1. The molecule has 0 saturated carbocycles. The fraction of sp³-hybridized carbons (Fsp3) is 0.188. The number of phenols is 1. The molecular formula is C16H15NO2. The van der Waals surface area contributed by atoms with Crippen molar-refractivity contribution in [2.75, 3.05) is 11.4 Å². The van der Waals surface area contributed by atoms with Crippen LogP contribution in [0, 0.1) is 6.92 Å². The molecule has 1 aliphatic heterocycles. The molecule has 0 radical (unpaired) electrons. The summed E-state index contributed by atoms with van der Waals surface area (Å²) >= 11 is 0. The second kappa shape index (κ2) is 4.43. The lowest BCUT2D eigenvalue weighted by Crippen LogP contribution is -2.28. The molecule has 1 N–H and O–H groups in total. The summed E-state index contributed by atoms with van der Waals surface area (Å²) in [5.41, 5.74) is 3.44. The van der Waals surface area contributed by atoms with E-state index < -0.39 is 0 Å². The molecule has 2 aromatic rings. The number of amides is 1. The van der Waals surface area contributed by atoms with Crippen LogP contribution in [0.2, 0.25) is 0 Å². The average Bonchev–Trinajstić information content (AvgIpc) is 2.82. The Labute approximate surface area is 112 Å². The number of carbonyl (C=O) groups excluding carboxylic acids is 1. The molecule has 1 aliphatic rings. The van der Waals surface area contributed by atoms with Gasteiger partial charge in [-0.2, -0.15) is 0 Å². The van der Waals surface area contributed by atoms with E-state index in [0.717, 1.165) is 17.7 Å². The highest BCUT2D eigenvalue weighted by molar-refractivity contribution is 6.08. The number of hydrogen-bond acceptors (Lipinski definition) is 2. The Balaban J connectivity index is 1.98. The first-order chi connectivity index (χ1) is 9.16. The van der Waals surface area contributed by atoms with Crippen molar-refractivity contribution >= 4 is 11.6 Å². The molecule has 3 nitrogen and oxygen atoms in total. The highest BCUT2D eigenvalue weighted by atomic mass is 16.3. The van der Waals surface area contributed by atoms with E-state index in [-0.39, 0.29) is 11.7 Å². The first-order valence-electron chi connectivity index (χ1n) is 6.36. The Morgan fingerprint density at radius 3 is 2.79 bits per heavy atom. The predicted octanol–water partition coefficient (Wildman–Crippen LogP) is 2.90. The smallest absolute Gasteiger partial charge is 0.262 e. The van der Waals surface area contributed by atoms with Crippen LogP contribution in [0.15, 0.2) is 42.5 Å². The third-order valence-electron chi connectivity index (χ3n) is 3.52. The summed E-state index contributed by atoms with van der Waals surface area (Å²) in [7, 11) is 0. The molecule has 0 saturated heterocycles. The number of carbonyl (C=O) groups is 1. The maximum Gasteiger partial charge on any atom is 0.262 e. The van der Waals surface area contributed by atoms with Gasteiger partial charge in [-0.25, -0.2) is 0 Å². The molecule has 0 atom stereocenters. The van der Waals surface area contributed by atoms with Gasteiger partial charge in [-0.15, -0.1) is 0 Å². The van der Waals surface area contributed by atoms with Crippen LogP contribution in [0.1, 0.15) is 21.5 Å². The van der Waals surface area contributed by atoms with Gasteiger partial charge >= 0.3 is 0 Å². The molecule has 3 heteroatoms. The van der Waals surface area contributed by atoms with Crippen molar-refractivity contribution in [2.45, 2.75) is 13.3 Å². The van der Waals surface area contributed by atoms with E-state index in [4.69, 9.17) is 0 Å². The van der Waals surface area contributed by atoms with Gasteiger partial charge in [0.2, 0.25) is 0 Å². The van der Waals surface area contributed by atoms with Gasteiger partial charge in [0, 0.05) is 12.2 Å². The Morgan fingerprint density at radius 1 is 1.21 bits per heavy atom. The number of aryl methyl sites for hydroxylation is 1. The molecule has 0 aromatic heterocycles. The molecule has 2 aromatic carbocycles. The van der Waals surface area contributed by atoms with E-state index in [1.165, 1.54) is 5.56 Å². The van der Waals surface area contributed by atoms with Crippen LogP contribution < -0.4 is 4.90 Å². The fourth-order valence-corrected chi connectivity index (χ4v) is 2.52. The standard InChI is InChI=1S/C16H15NO2/c1-11-6-7-13(15(18)10-11)16(19)17-9-8-12-4-2-3-5-14(12)17/h2-7,10,18H,8-9H2,1H3. The van der Waals surface area contributed by atoms with Gasteiger partial charge in [0.25, 0.3) is 5.91 Å². The minimum Gasteiger partial charge on any atom is -0.507 e. The highest BCUT2D eigenvalue weighted by Gasteiger charge is 2.26. The largest absolute Gasteiger partial charge is 0.507 e. The van der Waals surface area contributed by atoms with Gasteiger partial charge in [-0.05, 0) is 42.7 Å². The van der Waals surface area contributed by atoms with E-state index in [9.17, 15) is 9.90 Å². The van der Waals surface area contributed by atoms with Crippen LogP contribution in [-0.4, -0.2) is 17.6 Å². The molecule has 0 bridgehead atoms. The van der Waals surface area contributed by atoms with E-state index >= 15 is 0 Å². The summed E-state index contributed by atoms with van der Waals surface area (Å²) < 4.78 is 0. The van der Waals surface area contributed by atoms with Crippen molar-refractivity contribution in [3.63, 3.8) is 0 Å². The number of phenolic OH excluding ortho intramolecular Hbond substituents is 1. The molecule has 3 rings (SSSR count). The molecule has 1 amide bonds. The van der Waals surface area contributed by atoms with E-state index in [0.29, 0.717) is 12.1 Å². The molecule has 19 heavy (non-hydrogen) atoms. The van der Waals surface area contributed by atoms with Gasteiger partial charge in [0.1, 0.15) is 5.75 Å². The molecular weight excluding hydrogens is 238 g/mol. The van der Waals surface area contributed by atoms with Crippen molar-refractivity contribution in [3.8, 4) is 5.75 Å². The number of hydrogen-bond donors (Lipinski definition) is 1. The predicted molar refractivity (Wildman–Crippen MR) is 74.7 cm³/mol. The summed E-state index contributed by atoms with van der Waals surface area (Å²) in [6.45, 7) is 2.56. The van der Waals surface area contributed by atoms with E-state index in [1.807, 2.05) is 37.3 Å². The maximum atomic E-state index is 12.5. The second-order valence-corrected chi connectivity index (χ2v) is 4.86. The zero-order valence-corrected chi connectivity index (χ0v) is 10.8. The van der Waals surface area contributed by atoms with Crippen molar-refractivity contribution in [1.82, 2.24) is 0 Å². The van der Waals surface area contributed by atoms with Crippen molar-refractivity contribution in [2.24, 2.45) is 0 Å². The third-order valence-corrected chi connectivity index (χ3v) is 3.52. The average molecular weight is 253 g/mol. The molecule has 0 unspecified atom stereocenters. The Bertz CT molecular complexity index is 649. The lowest BCUT2D eigenvalue weighted by atomic mass is 10.1. The van der Waals surface area contributed by atoms with Crippen LogP contribution in [0.25, 0.3) is 0 Å². The summed E-state index contributed by atoms with van der Waals surface area (Å²) in [5, 5.41) is 9.92. The number of nitrogens with zero attached hydrogens (tertiary/aromatic N) is 1. The van der Waals surface area contributed by atoms with E-state index in [1.54, 1.807) is 17.0 Å². The number of anilines is 1. The maximum absolute atomic E-state index is 12.5. The van der Waals surface area contributed by atoms with Gasteiger partial charge < -0.3 is 10.0 Å². The zero-order chi connectivity index (χ0) is 13.4. The molecule has 0 spiro atoms. The summed E-state index contributed by atoms with van der Waals surface area (Å²) in [6.07, 6.45) is 0.870. The summed E-state index contributed by atoms with van der Waals surface area (Å²) in [5.74, 6) is -0.0863. The third kappa shape index (κ3) is 1.97. The lowest BCUT2D eigenvalue weighted by Gasteiger charge is -2.18. The zero-order valence-electron chi connectivity index (χ0n) is 10.8. The van der Waals surface area contributed by atoms with Crippen LogP contribution >= 0.6 is 0 Å². The van der Waals surface area contributed by atoms with Gasteiger partial charge in [0.15, 0.2) is 0 Å². The van der Waals surface area contributed by atoms with Gasteiger partial charge in [-0.3, -0.25) is 4.79 Å². The van der Waals surface area contributed by atoms with Crippen LogP contribution in [0.4, 0.5) is 5.69 Å². The summed E-state index contributed by atoms with van der Waals surface area (Å²) in [6, 6.07) is 13.1. The number of rotatable bonds is 1. The van der Waals surface area contributed by atoms with Gasteiger partial charge in [0.05, 0.1) is 5.56 Å². The normalized spacial score (nSPS) is 13.4.